The summed E-state index contributed by atoms with van der Waals surface area (Å²) in [5.41, 5.74) is 1.15. The molecule has 0 aliphatic carbocycles. The van der Waals surface area contributed by atoms with E-state index in [-0.39, 0.29) is 6.04 Å². The van der Waals surface area contributed by atoms with Crippen LogP contribution in [-0.4, -0.2) is 70.8 Å². The van der Waals surface area contributed by atoms with Crippen LogP contribution >= 0.6 is 0 Å². The third-order valence-corrected chi connectivity index (χ3v) is 5.56. The van der Waals surface area contributed by atoms with Gasteiger partial charge < -0.3 is 5.32 Å². The fourth-order valence-electron chi connectivity index (χ4n) is 2.68. The Morgan fingerprint density at radius 2 is 1.82 bits per heavy atom. The number of nitrogens with one attached hydrogen (secondary N) is 1. The summed E-state index contributed by atoms with van der Waals surface area (Å²) in [5, 5.41) is 3.36. The molecule has 1 saturated heterocycles. The third-order valence-electron chi connectivity index (χ3n) is 4.43. The Balaban J connectivity index is 1.90. The summed E-state index contributed by atoms with van der Waals surface area (Å²) in [6.07, 6.45) is 1.24. The van der Waals surface area contributed by atoms with Gasteiger partial charge in [-0.25, -0.2) is 8.42 Å². The SMILES string of the molecule is CC(c1ccc(S(C)(=O)=O)cc1)N(C)CCN1CCNCC1. The van der Waals surface area contributed by atoms with Gasteiger partial charge in [-0.05, 0) is 31.7 Å². The summed E-state index contributed by atoms with van der Waals surface area (Å²) >= 11 is 0. The third kappa shape index (κ3) is 4.78. The van der Waals surface area contributed by atoms with E-state index in [1.54, 1.807) is 12.1 Å². The smallest absolute Gasteiger partial charge is 0.175 e. The van der Waals surface area contributed by atoms with Crippen molar-refractivity contribution < 1.29 is 8.42 Å². The predicted molar refractivity (Wildman–Crippen MR) is 89.9 cm³/mol. The topological polar surface area (TPSA) is 52.7 Å². The van der Waals surface area contributed by atoms with Crippen LogP contribution in [0.25, 0.3) is 0 Å². The largest absolute Gasteiger partial charge is 0.314 e. The highest BCUT2D eigenvalue weighted by Gasteiger charge is 2.15. The van der Waals surface area contributed by atoms with Crippen LogP contribution in [0.2, 0.25) is 0 Å². The molecule has 1 fully saturated rings. The van der Waals surface area contributed by atoms with E-state index in [9.17, 15) is 8.42 Å². The van der Waals surface area contributed by atoms with Crippen LogP contribution in [0.15, 0.2) is 29.2 Å². The molecule has 2 rings (SSSR count). The minimum Gasteiger partial charge on any atom is -0.314 e. The Hall–Kier alpha value is -0.950. The van der Waals surface area contributed by atoms with E-state index in [0.29, 0.717) is 4.90 Å². The molecule has 0 aromatic heterocycles. The van der Waals surface area contributed by atoms with E-state index in [0.717, 1.165) is 44.8 Å². The zero-order chi connectivity index (χ0) is 16.2. The van der Waals surface area contributed by atoms with Crippen molar-refractivity contribution in [2.24, 2.45) is 0 Å². The van der Waals surface area contributed by atoms with Crippen molar-refractivity contribution >= 4 is 9.84 Å². The van der Waals surface area contributed by atoms with Gasteiger partial charge in [0.25, 0.3) is 0 Å². The van der Waals surface area contributed by atoms with Crippen molar-refractivity contribution in [2.75, 3.05) is 52.6 Å². The molecule has 1 heterocycles. The Morgan fingerprint density at radius 3 is 2.36 bits per heavy atom. The van der Waals surface area contributed by atoms with Crippen LogP contribution in [0.4, 0.5) is 0 Å². The van der Waals surface area contributed by atoms with E-state index in [2.05, 4.69) is 29.1 Å². The average molecular weight is 325 g/mol. The summed E-state index contributed by atoms with van der Waals surface area (Å²) < 4.78 is 23.0. The molecule has 0 radical (unpaired) electrons. The van der Waals surface area contributed by atoms with E-state index >= 15 is 0 Å². The van der Waals surface area contributed by atoms with Gasteiger partial charge in [-0.3, -0.25) is 9.80 Å². The van der Waals surface area contributed by atoms with Crippen LogP contribution in [0.3, 0.4) is 0 Å². The molecule has 6 heteroatoms. The maximum atomic E-state index is 11.5. The lowest BCUT2D eigenvalue weighted by atomic mass is 10.1. The van der Waals surface area contributed by atoms with Gasteiger partial charge in [-0.2, -0.15) is 0 Å². The maximum Gasteiger partial charge on any atom is 0.175 e. The first-order valence-electron chi connectivity index (χ1n) is 7.81. The second-order valence-electron chi connectivity index (χ2n) is 6.09. The van der Waals surface area contributed by atoms with Crippen molar-refractivity contribution in [3.8, 4) is 0 Å². The predicted octanol–water partition coefficient (Wildman–Crippen LogP) is 0.988. The molecule has 5 nitrogen and oxygen atoms in total. The highest BCUT2D eigenvalue weighted by Crippen LogP contribution is 2.20. The molecule has 1 unspecified atom stereocenters. The monoisotopic (exact) mass is 325 g/mol. The standard InChI is InChI=1S/C16H27N3O2S/c1-14(15-4-6-16(7-5-15)22(3,20)21)18(2)12-13-19-10-8-17-9-11-19/h4-7,14,17H,8-13H2,1-3H3. The number of hydrogen-bond acceptors (Lipinski definition) is 5. The Morgan fingerprint density at radius 1 is 1.23 bits per heavy atom. The summed E-state index contributed by atoms with van der Waals surface area (Å²) in [4.78, 5) is 5.18. The zero-order valence-corrected chi connectivity index (χ0v) is 14.6. The van der Waals surface area contributed by atoms with Gasteiger partial charge in [0, 0.05) is 51.6 Å². The molecule has 1 aromatic rings. The number of rotatable bonds is 6. The lowest BCUT2D eigenvalue weighted by molar-refractivity contribution is 0.183. The molecular weight excluding hydrogens is 298 g/mol. The lowest BCUT2D eigenvalue weighted by Gasteiger charge is -2.31. The molecule has 1 aliphatic rings. The minimum atomic E-state index is -3.12. The van der Waals surface area contributed by atoms with Gasteiger partial charge in [0.05, 0.1) is 4.90 Å². The van der Waals surface area contributed by atoms with Gasteiger partial charge in [0.2, 0.25) is 0 Å². The number of likely N-dealkylation sites (N-methyl/N-ethyl adjacent to an activating group) is 1. The van der Waals surface area contributed by atoms with Crippen molar-refractivity contribution in [1.29, 1.82) is 0 Å². The number of benzene rings is 1. The molecule has 1 aliphatic heterocycles. The zero-order valence-electron chi connectivity index (χ0n) is 13.7. The lowest BCUT2D eigenvalue weighted by Crippen LogP contribution is -2.46. The highest BCUT2D eigenvalue weighted by atomic mass is 32.2. The number of nitrogens with zero attached hydrogens (tertiary/aromatic N) is 2. The van der Waals surface area contributed by atoms with Gasteiger partial charge in [0.15, 0.2) is 9.84 Å². The molecule has 1 atom stereocenters. The Bertz CT molecular complexity index is 566. The molecule has 124 valence electrons. The minimum absolute atomic E-state index is 0.275. The van der Waals surface area contributed by atoms with Gasteiger partial charge >= 0.3 is 0 Å². The molecule has 1 N–H and O–H groups in total. The van der Waals surface area contributed by atoms with Gasteiger partial charge in [0.1, 0.15) is 0 Å². The molecular formula is C16H27N3O2S. The van der Waals surface area contributed by atoms with Crippen molar-refractivity contribution in [3.63, 3.8) is 0 Å². The molecule has 0 amide bonds. The van der Waals surface area contributed by atoms with Crippen molar-refractivity contribution in [1.82, 2.24) is 15.1 Å². The number of hydrogen-bond donors (Lipinski definition) is 1. The van der Waals surface area contributed by atoms with Crippen molar-refractivity contribution in [3.05, 3.63) is 29.8 Å². The highest BCUT2D eigenvalue weighted by molar-refractivity contribution is 7.90. The summed E-state index contributed by atoms with van der Waals surface area (Å²) in [7, 11) is -0.994. The Labute approximate surface area is 134 Å². The maximum absolute atomic E-state index is 11.5. The van der Waals surface area contributed by atoms with Crippen LogP contribution in [-0.2, 0) is 9.84 Å². The summed E-state index contributed by atoms with van der Waals surface area (Å²) in [6.45, 7) is 8.63. The molecule has 0 bridgehead atoms. The molecule has 0 spiro atoms. The Kier molecular flexibility index (Phi) is 5.97. The quantitative estimate of drug-likeness (QED) is 0.845. The second-order valence-corrected chi connectivity index (χ2v) is 8.11. The van der Waals surface area contributed by atoms with E-state index in [1.165, 1.54) is 6.26 Å². The van der Waals surface area contributed by atoms with E-state index < -0.39 is 9.84 Å². The second kappa shape index (κ2) is 7.55. The van der Waals surface area contributed by atoms with Gasteiger partial charge in [-0.1, -0.05) is 12.1 Å². The first-order chi connectivity index (χ1) is 10.4. The first-order valence-corrected chi connectivity index (χ1v) is 9.70. The van der Waals surface area contributed by atoms with E-state index in [4.69, 9.17) is 0 Å². The molecule has 0 saturated carbocycles. The number of sulfone groups is 1. The molecule has 22 heavy (non-hydrogen) atoms. The van der Waals surface area contributed by atoms with Crippen LogP contribution in [0, 0.1) is 0 Å². The fourth-order valence-corrected chi connectivity index (χ4v) is 3.31. The summed E-state index contributed by atoms with van der Waals surface area (Å²) in [6, 6.07) is 7.51. The van der Waals surface area contributed by atoms with Crippen LogP contribution < -0.4 is 5.32 Å². The normalized spacial score (nSPS) is 18.5. The van der Waals surface area contributed by atoms with Gasteiger partial charge in [-0.15, -0.1) is 0 Å². The first kappa shape index (κ1) is 17.4. The van der Waals surface area contributed by atoms with Crippen LogP contribution in [0.5, 0.6) is 0 Å². The van der Waals surface area contributed by atoms with Crippen LogP contribution in [0.1, 0.15) is 18.5 Å². The van der Waals surface area contributed by atoms with Crippen molar-refractivity contribution in [2.45, 2.75) is 17.9 Å². The average Bonchev–Trinajstić information content (AvgIpc) is 2.52. The van der Waals surface area contributed by atoms with E-state index in [1.807, 2.05) is 12.1 Å². The summed E-state index contributed by atoms with van der Waals surface area (Å²) in [5.74, 6) is 0. The molecule has 1 aromatic carbocycles. The fraction of sp³-hybridized carbons (Fsp3) is 0.625. The number of piperazine rings is 1.